The van der Waals surface area contributed by atoms with Gasteiger partial charge in [-0.15, -0.1) is 0 Å². The van der Waals surface area contributed by atoms with Crippen molar-refractivity contribution in [2.75, 3.05) is 18.0 Å². The molecular formula is C12H17BrN2. The number of nitrogens with two attached hydrogens (primary N) is 1. The van der Waals surface area contributed by atoms with E-state index in [0.717, 1.165) is 17.6 Å². The van der Waals surface area contributed by atoms with Crippen molar-refractivity contribution in [2.24, 2.45) is 5.73 Å². The maximum Gasteiger partial charge on any atom is 0.0380 e. The summed E-state index contributed by atoms with van der Waals surface area (Å²) in [6.07, 6.45) is 3.98. The van der Waals surface area contributed by atoms with Crippen molar-refractivity contribution in [3.05, 3.63) is 28.7 Å². The highest BCUT2D eigenvalue weighted by molar-refractivity contribution is 9.10. The van der Waals surface area contributed by atoms with Crippen LogP contribution in [0.1, 0.15) is 19.3 Å². The molecule has 2 rings (SSSR count). The van der Waals surface area contributed by atoms with Crippen molar-refractivity contribution < 1.29 is 0 Å². The van der Waals surface area contributed by atoms with Gasteiger partial charge in [0.1, 0.15) is 0 Å². The summed E-state index contributed by atoms with van der Waals surface area (Å²) in [5.41, 5.74) is 6.96. The molecular weight excluding hydrogens is 252 g/mol. The summed E-state index contributed by atoms with van der Waals surface area (Å²) >= 11 is 3.51. The smallest absolute Gasteiger partial charge is 0.0380 e. The van der Waals surface area contributed by atoms with Crippen molar-refractivity contribution >= 4 is 21.6 Å². The van der Waals surface area contributed by atoms with Crippen LogP contribution in [0, 0.1) is 0 Å². The summed E-state index contributed by atoms with van der Waals surface area (Å²) in [4.78, 5) is 2.44. The van der Waals surface area contributed by atoms with Crippen LogP contribution in [0.15, 0.2) is 28.7 Å². The van der Waals surface area contributed by atoms with Gasteiger partial charge in [-0.3, -0.25) is 0 Å². The van der Waals surface area contributed by atoms with Gasteiger partial charge in [-0.25, -0.2) is 0 Å². The maximum atomic E-state index is 5.67. The van der Waals surface area contributed by atoms with Crippen LogP contribution in [-0.4, -0.2) is 19.1 Å². The summed E-state index contributed by atoms with van der Waals surface area (Å²) < 4.78 is 1.14. The Balaban J connectivity index is 2.15. The molecule has 15 heavy (non-hydrogen) atoms. The summed E-state index contributed by atoms with van der Waals surface area (Å²) in [7, 11) is 0. The minimum absolute atomic E-state index is 0.711. The van der Waals surface area contributed by atoms with Crippen molar-refractivity contribution in [1.82, 2.24) is 0 Å². The zero-order valence-electron chi connectivity index (χ0n) is 8.82. The molecule has 1 fully saturated rings. The van der Waals surface area contributed by atoms with E-state index in [2.05, 4.69) is 45.1 Å². The van der Waals surface area contributed by atoms with Gasteiger partial charge in [0.15, 0.2) is 0 Å². The van der Waals surface area contributed by atoms with E-state index >= 15 is 0 Å². The third-order valence-electron chi connectivity index (χ3n) is 3.03. The van der Waals surface area contributed by atoms with E-state index in [1.54, 1.807) is 0 Å². The second-order valence-corrected chi connectivity index (χ2v) is 4.96. The molecule has 0 aromatic heterocycles. The predicted molar refractivity (Wildman–Crippen MR) is 68.2 cm³/mol. The third kappa shape index (κ3) is 2.52. The topological polar surface area (TPSA) is 29.3 Å². The van der Waals surface area contributed by atoms with Crippen molar-refractivity contribution in [3.8, 4) is 0 Å². The van der Waals surface area contributed by atoms with Gasteiger partial charge in [0.05, 0.1) is 0 Å². The van der Waals surface area contributed by atoms with Crippen LogP contribution in [0.4, 0.5) is 5.69 Å². The lowest BCUT2D eigenvalue weighted by atomic mass is 9.91. The average Bonchev–Trinajstić information content (AvgIpc) is 2.14. The maximum absolute atomic E-state index is 5.67. The van der Waals surface area contributed by atoms with Crippen LogP contribution in [0.25, 0.3) is 0 Å². The highest BCUT2D eigenvalue weighted by Gasteiger charge is 2.24. The minimum atomic E-state index is 0.711. The Labute approximate surface area is 99.6 Å². The van der Waals surface area contributed by atoms with Gasteiger partial charge in [0, 0.05) is 29.3 Å². The van der Waals surface area contributed by atoms with E-state index in [9.17, 15) is 0 Å². The number of nitrogens with zero attached hydrogens (tertiary/aromatic N) is 1. The minimum Gasteiger partial charge on any atom is -0.367 e. The number of hydrogen-bond acceptors (Lipinski definition) is 2. The van der Waals surface area contributed by atoms with Crippen LogP contribution in [0.3, 0.4) is 0 Å². The average molecular weight is 269 g/mol. The molecule has 0 unspecified atom stereocenters. The Bertz CT molecular complexity index is 323. The molecule has 0 radical (unpaired) electrons. The molecule has 0 saturated heterocycles. The molecule has 0 bridgehead atoms. The molecule has 2 N–H and O–H groups in total. The van der Waals surface area contributed by atoms with Crippen molar-refractivity contribution in [3.63, 3.8) is 0 Å². The molecule has 0 amide bonds. The first-order chi connectivity index (χ1) is 7.31. The zero-order valence-corrected chi connectivity index (χ0v) is 10.4. The second-order valence-electron chi connectivity index (χ2n) is 4.05. The van der Waals surface area contributed by atoms with Crippen LogP contribution < -0.4 is 10.6 Å². The van der Waals surface area contributed by atoms with Crippen molar-refractivity contribution in [2.45, 2.75) is 25.3 Å². The lowest BCUT2D eigenvalue weighted by molar-refractivity contribution is 0.388. The molecule has 1 aromatic carbocycles. The predicted octanol–water partition coefficient (Wildman–Crippen LogP) is 2.77. The fraction of sp³-hybridized carbons (Fsp3) is 0.500. The first kappa shape index (κ1) is 11.0. The molecule has 2 nitrogen and oxygen atoms in total. The molecule has 0 atom stereocenters. The van der Waals surface area contributed by atoms with Crippen LogP contribution >= 0.6 is 15.9 Å². The quantitative estimate of drug-likeness (QED) is 0.910. The SMILES string of the molecule is NCCN(c1cccc(Br)c1)C1CCC1. The first-order valence-electron chi connectivity index (χ1n) is 5.53. The Morgan fingerprint density at radius 3 is 2.73 bits per heavy atom. The van der Waals surface area contributed by atoms with Crippen LogP contribution in [-0.2, 0) is 0 Å². The number of halogens is 1. The van der Waals surface area contributed by atoms with Crippen molar-refractivity contribution in [1.29, 1.82) is 0 Å². The molecule has 0 spiro atoms. The Morgan fingerprint density at radius 2 is 2.20 bits per heavy atom. The van der Waals surface area contributed by atoms with Gasteiger partial charge in [-0.05, 0) is 37.5 Å². The van der Waals surface area contributed by atoms with E-state index in [4.69, 9.17) is 5.73 Å². The highest BCUT2D eigenvalue weighted by atomic mass is 79.9. The summed E-state index contributed by atoms with van der Waals surface area (Å²) in [6.45, 7) is 1.68. The summed E-state index contributed by atoms with van der Waals surface area (Å²) in [5, 5.41) is 0. The molecule has 1 aromatic rings. The highest BCUT2D eigenvalue weighted by Crippen LogP contribution is 2.30. The fourth-order valence-electron chi connectivity index (χ4n) is 2.01. The number of rotatable bonds is 4. The van der Waals surface area contributed by atoms with Gasteiger partial charge < -0.3 is 10.6 Å². The normalized spacial score (nSPS) is 16.1. The van der Waals surface area contributed by atoms with E-state index in [0.29, 0.717) is 6.04 Å². The van der Waals surface area contributed by atoms with Gasteiger partial charge in [-0.2, -0.15) is 0 Å². The van der Waals surface area contributed by atoms with Crippen LogP contribution in [0.2, 0.25) is 0 Å². The standard InChI is InChI=1S/C12H17BrN2/c13-10-3-1-6-12(9-10)15(8-7-14)11-4-2-5-11/h1,3,6,9,11H,2,4-5,7-8,14H2. The lowest BCUT2D eigenvalue weighted by Gasteiger charge is -2.39. The van der Waals surface area contributed by atoms with E-state index < -0.39 is 0 Å². The van der Waals surface area contributed by atoms with E-state index in [1.807, 2.05) is 0 Å². The monoisotopic (exact) mass is 268 g/mol. The summed E-state index contributed by atoms with van der Waals surface area (Å²) in [6, 6.07) is 9.20. The van der Waals surface area contributed by atoms with Gasteiger partial charge in [-0.1, -0.05) is 22.0 Å². The third-order valence-corrected chi connectivity index (χ3v) is 3.52. The number of benzene rings is 1. The molecule has 1 aliphatic carbocycles. The van der Waals surface area contributed by atoms with E-state index in [1.165, 1.54) is 24.9 Å². The number of hydrogen-bond donors (Lipinski definition) is 1. The fourth-order valence-corrected chi connectivity index (χ4v) is 2.40. The van der Waals surface area contributed by atoms with Gasteiger partial charge in [0.2, 0.25) is 0 Å². The van der Waals surface area contributed by atoms with Gasteiger partial charge >= 0.3 is 0 Å². The largest absolute Gasteiger partial charge is 0.367 e. The number of anilines is 1. The molecule has 0 heterocycles. The van der Waals surface area contributed by atoms with Crippen LogP contribution in [0.5, 0.6) is 0 Å². The second kappa shape index (κ2) is 4.99. The summed E-state index contributed by atoms with van der Waals surface area (Å²) in [5.74, 6) is 0. The molecule has 82 valence electrons. The van der Waals surface area contributed by atoms with E-state index in [-0.39, 0.29) is 0 Å². The molecule has 1 aliphatic rings. The Hall–Kier alpha value is -0.540. The lowest BCUT2D eigenvalue weighted by Crippen LogP contribution is -2.43. The Morgan fingerprint density at radius 1 is 1.40 bits per heavy atom. The Kier molecular flexibility index (Phi) is 3.65. The van der Waals surface area contributed by atoms with Gasteiger partial charge in [0.25, 0.3) is 0 Å². The zero-order chi connectivity index (χ0) is 10.7. The molecule has 0 aliphatic heterocycles. The molecule has 1 saturated carbocycles. The molecule has 3 heteroatoms. The first-order valence-corrected chi connectivity index (χ1v) is 6.33.